The molecule has 2 aliphatic heterocycles. The van der Waals surface area contributed by atoms with E-state index in [-0.39, 0.29) is 23.6 Å². The number of aliphatic carboxylic acids is 1. The first-order valence-corrected chi connectivity index (χ1v) is 9.75. The van der Waals surface area contributed by atoms with Crippen molar-refractivity contribution in [3.8, 4) is 5.75 Å². The third-order valence-electron chi connectivity index (χ3n) is 5.65. The van der Waals surface area contributed by atoms with Crippen molar-refractivity contribution >= 4 is 11.9 Å². The largest absolute Gasteiger partial charge is 0.479 e. The molecule has 10 heteroatoms. The number of hydrogen-bond acceptors (Lipinski definition) is 8. The third kappa shape index (κ3) is 4.28. The number of carbonyl (C=O) groups excluding carboxylic acids is 1. The summed E-state index contributed by atoms with van der Waals surface area (Å²) in [6.45, 7) is 1.68. The molecule has 2 saturated heterocycles. The van der Waals surface area contributed by atoms with E-state index in [2.05, 4.69) is 0 Å². The number of β-lactam (4-membered cyclic amide) rings is 1. The fourth-order valence-electron chi connectivity index (χ4n) is 3.91. The molecule has 2 fully saturated rings. The highest BCUT2D eigenvalue weighted by Gasteiger charge is 2.48. The van der Waals surface area contributed by atoms with Crippen LogP contribution in [0.4, 0.5) is 0 Å². The Kier molecular flexibility index (Phi) is 6.63. The summed E-state index contributed by atoms with van der Waals surface area (Å²) in [5.41, 5.74) is 0.865. The van der Waals surface area contributed by atoms with Gasteiger partial charge in [-0.2, -0.15) is 0 Å². The Balaban J connectivity index is 1.68. The van der Waals surface area contributed by atoms with E-state index in [4.69, 9.17) is 14.6 Å². The van der Waals surface area contributed by atoms with E-state index in [1.807, 2.05) is 0 Å². The van der Waals surface area contributed by atoms with Gasteiger partial charge >= 0.3 is 5.97 Å². The van der Waals surface area contributed by atoms with E-state index in [0.717, 1.165) is 5.56 Å². The van der Waals surface area contributed by atoms with Crippen LogP contribution in [0.5, 0.6) is 5.75 Å². The number of aliphatic hydroxyl groups is 4. The van der Waals surface area contributed by atoms with Crippen LogP contribution in [0.15, 0.2) is 24.3 Å². The van der Waals surface area contributed by atoms with Gasteiger partial charge < -0.3 is 39.9 Å². The number of carboxylic acid groups (broad SMARTS) is 1. The van der Waals surface area contributed by atoms with Crippen LogP contribution in [0, 0.1) is 5.92 Å². The van der Waals surface area contributed by atoms with Crippen LogP contribution in [0.1, 0.15) is 31.4 Å². The predicted octanol–water partition coefficient (Wildman–Crippen LogP) is -0.752. The van der Waals surface area contributed by atoms with Crippen LogP contribution in [-0.4, -0.2) is 86.2 Å². The van der Waals surface area contributed by atoms with Crippen LogP contribution in [0.2, 0.25) is 0 Å². The van der Waals surface area contributed by atoms with Crippen LogP contribution in [-0.2, 0) is 14.3 Å². The van der Waals surface area contributed by atoms with Crippen molar-refractivity contribution in [3.63, 3.8) is 0 Å². The minimum absolute atomic E-state index is 0.0203. The van der Waals surface area contributed by atoms with Gasteiger partial charge in [0, 0.05) is 7.05 Å². The first-order valence-electron chi connectivity index (χ1n) is 9.75. The molecular formula is C20H27NO9. The standard InChI is InChI=1S/C20H27NO9/c1-9(22)3-8-12-13(21(2)18(12)26)10-4-6-11(7-5-10)29-20-16(25)14(23)15(24)17(30-20)19(27)28/h4-7,9,12-17,20,22-25H,3,8H2,1-2H3,(H,27,28)/t9-,12-,13-,14+,15?,16?,17+,20-/m1/s1. The maximum absolute atomic E-state index is 12.1. The van der Waals surface area contributed by atoms with Crippen molar-refractivity contribution in [1.82, 2.24) is 4.90 Å². The number of rotatable bonds is 7. The van der Waals surface area contributed by atoms with E-state index >= 15 is 0 Å². The summed E-state index contributed by atoms with van der Waals surface area (Å²) in [4.78, 5) is 25.0. The number of carbonyl (C=O) groups is 2. The first kappa shape index (κ1) is 22.4. The minimum Gasteiger partial charge on any atom is -0.479 e. The predicted molar refractivity (Wildman–Crippen MR) is 101 cm³/mol. The Hall–Kier alpha value is -2.24. The lowest BCUT2D eigenvalue weighted by molar-refractivity contribution is -0.271. The second-order valence-electron chi connectivity index (χ2n) is 7.85. The maximum Gasteiger partial charge on any atom is 0.335 e. The average Bonchev–Trinajstić information content (AvgIpc) is 2.71. The highest BCUT2D eigenvalue weighted by atomic mass is 16.7. The molecule has 1 amide bonds. The molecule has 0 bridgehead atoms. The van der Waals surface area contributed by atoms with Crippen LogP contribution in [0.3, 0.4) is 0 Å². The number of aliphatic hydroxyl groups excluding tert-OH is 4. The third-order valence-corrected chi connectivity index (χ3v) is 5.65. The quantitative estimate of drug-likeness (QED) is 0.355. The van der Waals surface area contributed by atoms with Gasteiger partial charge in [-0.3, -0.25) is 4.79 Å². The zero-order valence-corrected chi connectivity index (χ0v) is 16.7. The first-order chi connectivity index (χ1) is 14.1. The molecule has 2 heterocycles. The topological polar surface area (TPSA) is 157 Å². The molecule has 2 aliphatic rings. The molecule has 8 atom stereocenters. The maximum atomic E-state index is 12.1. The zero-order chi connectivity index (χ0) is 22.2. The SMILES string of the molecule is C[C@@H](O)CC[C@H]1C(=O)N(C)[C@@H]1c1ccc(O[C@@H]2O[C@H](C(=O)O)C(O)[C@H](O)C2O)cc1. The molecule has 5 N–H and O–H groups in total. The molecule has 30 heavy (non-hydrogen) atoms. The van der Waals surface area contributed by atoms with Crippen molar-refractivity contribution < 1.29 is 44.6 Å². The van der Waals surface area contributed by atoms with Gasteiger partial charge in [0.15, 0.2) is 6.10 Å². The van der Waals surface area contributed by atoms with Crippen molar-refractivity contribution in [2.75, 3.05) is 7.05 Å². The Morgan fingerprint density at radius 2 is 1.80 bits per heavy atom. The summed E-state index contributed by atoms with van der Waals surface area (Å²) in [5.74, 6) is -1.43. The molecular weight excluding hydrogens is 398 g/mol. The summed E-state index contributed by atoms with van der Waals surface area (Å²) in [6, 6.07) is 6.53. The molecule has 1 aromatic carbocycles. The fourth-order valence-corrected chi connectivity index (χ4v) is 3.91. The van der Waals surface area contributed by atoms with Crippen molar-refractivity contribution in [2.24, 2.45) is 5.92 Å². The lowest BCUT2D eigenvalue weighted by atomic mass is 9.79. The van der Waals surface area contributed by atoms with Crippen LogP contribution < -0.4 is 4.74 Å². The fraction of sp³-hybridized carbons (Fsp3) is 0.600. The number of benzene rings is 1. The van der Waals surface area contributed by atoms with E-state index in [0.29, 0.717) is 12.8 Å². The number of nitrogens with zero attached hydrogens (tertiary/aromatic N) is 1. The molecule has 3 rings (SSSR count). The summed E-state index contributed by atoms with van der Waals surface area (Å²) in [6.07, 6.45) is -7.78. The highest BCUT2D eigenvalue weighted by Crippen LogP contribution is 2.42. The molecule has 0 spiro atoms. The Labute approximate surface area is 173 Å². The Morgan fingerprint density at radius 3 is 2.37 bits per heavy atom. The Bertz CT molecular complexity index is 768. The second-order valence-corrected chi connectivity index (χ2v) is 7.85. The second kappa shape index (κ2) is 8.86. The Morgan fingerprint density at radius 1 is 1.17 bits per heavy atom. The molecule has 0 saturated carbocycles. The monoisotopic (exact) mass is 425 g/mol. The van der Waals surface area contributed by atoms with E-state index in [1.165, 1.54) is 0 Å². The normalized spacial score (nSPS) is 34.9. The van der Waals surface area contributed by atoms with Crippen LogP contribution >= 0.6 is 0 Å². The van der Waals surface area contributed by atoms with E-state index in [1.54, 1.807) is 43.1 Å². The van der Waals surface area contributed by atoms with Gasteiger partial charge in [0.2, 0.25) is 12.2 Å². The number of hydrogen-bond donors (Lipinski definition) is 5. The van der Waals surface area contributed by atoms with Crippen molar-refractivity contribution in [2.45, 2.75) is 62.6 Å². The van der Waals surface area contributed by atoms with Gasteiger partial charge in [-0.05, 0) is 37.5 Å². The number of likely N-dealkylation sites (tertiary alicyclic amines) is 1. The lowest BCUT2D eigenvalue weighted by Gasteiger charge is -2.45. The van der Waals surface area contributed by atoms with E-state index < -0.39 is 42.8 Å². The highest BCUT2D eigenvalue weighted by molar-refractivity contribution is 5.86. The molecule has 0 aromatic heterocycles. The van der Waals surface area contributed by atoms with Gasteiger partial charge in [-0.15, -0.1) is 0 Å². The zero-order valence-electron chi connectivity index (χ0n) is 16.7. The molecule has 0 radical (unpaired) electrons. The summed E-state index contributed by atoms with van der Waals surface area (Å²) >= 11 is 0. The number of carboxylic acids is 1. The van der Waals surface area contributed by atoms with Gasteiger partial charge in [0.1, 0.15) is 24.1 Å². The smallest absolute Gasteiger partial charge is 0.335 e. The molecule has 166 valence electrons. The lowest BCUT2D eigenvalue weighted by Crippen LogP contribution is -2.61. The summed E-state index contributed by atoms with van der Waals surface area (Å²) in [7, 11) is 1.71. The molecule has 1 aromatic rings. The minimum atomic E-state index is -1.79. The van der Waals surface area contributed by atoms with Gasteiger partial charge in [0.05, 0.1) is 18.1 Å². The average molecular weight is 425 g/mol. The summed E-state index contributed by atoms with van der Waals surface area (Å²) in [5, 5.41) is 48.2. The van der Waals surface area contributed by atoms with Crippen molar-refractivity contribution in [1.29, 1.82) is 0 Å². The van der Waals surface area contributed by atoms with Crippen molar-refractivity contribution in [3.05, 3.63) is 29.8 Å². The van der Waals surface area contributed by atoms with Gasteiger partial charge in [0.25, 0.3) is 0 Å². The number of amides is 1. The van der Waals surface area contributed by atoms with Gasteiger partial charge in [-0.1, -0.05) is 12.1 Å². The van der Waals surface area contributed by atoms with Gasteiger partial charge in [-0.25, -0.2) is 4.79 Å². The molecule has 2 unspecified atom stereocenters. The summed E-state index contributed by atoms with van der Waals surface area (Å²) < 4.78 is 10.6. The molecule has 0 aliphatic carbocycles. The van der Waals surface area contributed by atoms with Crippen LogP contribution in [0.25, 0.3) is 0 Å². The molecule has 10 nitrogen and oxygen atoms in total. The number of ether oxygens (including phenoxy) is 2. The van der Waals surface area contributed by atoms with E-state index in [9.17, 15) is 30.0 Å².